The highest BCUT2D eigenvalue weighted by molar-refractivity contribution is 7.18. The summed E-state index contributed by atoms with van der Waals surface area (Å²) in [5.74, 6) is 0.0749. The molecular formula is C13H20N2OS. The molecule has 0 saturated heterocycles. The molecule has 4 heteroatoms. The molecule has 1 rings (SSSR count). The van der Waals surface area contributed by atoms with E-state index in [4.69, 9.17) is 0 Å². The molecule has 0 aliphatic carbocycles. The monoisotopic (exact) mass is 252 g/mol. The number of amides is 1. The average Bonchev–Trinajstić information content (AvgIpc) is 2.64. The minimum absolute atomic E-state index is 0.0749. The van der Waals surface area contributed by atoms with Gasteiger partial charge in [0.2, 0.25) is 0 Å². The van der Waals surface area contributed by atoms with Crippen molar-refractivity contribution >= 4 is 22.2 Å². The molecule has 1 heterocycles. The van der Waals surface area contributed by atoms with Gasteiger partial charge >= 0.3 is 0 Å². The Balaban J connectivity index is 3.31. The maximum atomic E-state index is 12.0. The van der Waals surface area contributed by atoms with Gasteiger partial charge in [0, 0.05) is 21.1 Å². The summed E-state index contributed by atoms with van der Waals surface area (Å²) in [6, 6.07) is 0. The van der Waals surface area contributed by atoms with Crippen LogP contribution in [0.1, 0.15) is 27.7 Å². The standard InChI is InChI=1S/C13H20N2OS/c1-7-10-9(3)11(12(16)14(4)5)17-13(10)15(6)8-2/h8H,2,7H2,1,3-6H3. The average molecular weight is 252 g/mol. The summed E-state index contributed by atoms with van der Waals surface area (Å²) in [6.45, 7) is 7.90. The Kier molecular flexibility index (Phi) is 4.34. The van der Waals surface area contributed by atoms with E-state index in [0.717, 1.165) is 21.9 Å². The van der Waals surface area contributed by atoms with Crippen molar-refractivity contribution in [2.24, 2.45) is 0 Å². The summed E-state index contributed by atoms with van der Waals surface area (Å²) < 4.78 is 0. The van der Waals surface area contributed by atoms with Crippen LogP contribution in [0.4, 0.5) is 5.00 Å². The van der Waals surface area contributed by atoms with Gasteiger partial charge in [0.15, 0.2) is 0 Å². The van der Waals surface area contributed by atoms with Crippen molar-refractivity contribution in [1.82, 2.24) is 4.90 Å². The number of rotatable bonds is 4. The zero-order valence-electron chi connectivity index (χ0n) is 11.2. The Bertz CT molecular complexity index is 435. The van der Waals surface area contributed by atoms with Crippen LogP contribution in [0.25, 0.3) is 0 Å². The van der Waals surface area contributed by atoms with Crippen molar-refractivity contribution in [1.29, 1.82) is 0 Å². The van der Waals surface area contributed by atoms with Crippen LogP contribution in [0.2, 0.25) is 0 Å². The molecule has 0 atom stereocenters. The van der Waals surface area contributed by atoms with Crippen LogP contribution < -0.4 is 4.90 Å². The molecule has 0 unspecified atom stereocenters. The van der Waals surface area contributed by atoms with E-state index in [0.29, 0.717) is 0 Å². The fourth-order valence-electron chi connectivity index (χ4n) is 1.72. The van der Waals surface area contributed by atoms with Crippen molar-refractivity contribution in [3.05, 3.63) is 28.8 Å². The molecule has 0 aromatic carbocycles. The molecule has 0 aliphatic rings. The summed E-state index contributed by atoms with van der Waals surface area (Å²) in [7, 11) is 5.52. The van der Waals surface area contributed by atoms with Gasteiger partial charge in [-0.2, -0.15) is 0 Å². The van der Waals surface area contributed by atoms with E-state index >= 15 is 0 Å². The van der Waals surface area contributed by atoms with Crippen LogP contribution in [0.5, 0.6) is 0 Å². The van der Waals surface area contributed by atoms with E-state index in [9.17, 15) is 4.79 Å². The molecule has 0 bridgehead atoms. The van der Waals surface area contributed by atoms with Crippen LogP contribution in [0.15, 0.2) is 12.8 Å². The molecule has 1 aromatic rings. The van der Waals surface area contributed by atoms with Crippen molar-refractivity contribution in [2.45, 2.75) is 20.3 Å². The Hall–Kier alpha value is -1.29. The first-order valence-electron chi connectivity index (χ1n) is 5.63. The summed E-state index contributed by atoms with van der Waals surface area (Å²) in [4.78, 5) is 16.5. The van der Waals surface area contributed by atoms with E-state index in [-0.39, 0.29) is 5.91 Å². The maximum absolute atomic E-state index is 12.0. The second-order valence-electron chi connectivity index (χ2n) is 4.19. The number of carbonyl (C=O) groups excluding carboxylic acids is 1. The van der Waals surface area contributed by atoms with Gasteiger partial charge in [-0.25, -0.2) is 0 Å². The van der Waals surface area contributed by atoms with Gasteiger partial charge in [-0.1, -0.05) is 13.5 Å². The van der Waals surface area contributed by atoms with Crippen molar-refractivity contribution < 1.29 is 4.79 Å². The topological polar surface area (TPSA) is 23.6 Å². The Labute approximate surface area is 107 Å². The molecule has 1 aromatic heterocycles. The van der Waals surface area contributed by atoms with Crippen molar-refractivity contribution in [2.75, 3.05) is 26.0 Å². The van der Waals surface area contributed by atoms with Crippen molar-refractivity contribution in [3.8, 4) is 0 Å². The fourth-order valence-corrected chi connectivity index (χ4v) is 3.10. The van der Waals surface area contributed by atoms with E-state index in [1.807, 2.05) is 18.9 Å². The lowest BCUT2D eigenvalue weighted by molar-refractivity contribution is 0.0831. The Morgan fingerprint density at radius 3 is 2.41 bits per heavy atom. The normalized spacial score (nSPS) is 10.2. The third-order valence-corrected chi connectivity index (χ3v) is 4.21. The van der Waals surface area contributed by atoms with Crippen LogP contribution in [-0.4, -0.2) is 32.0 Å². The molecule has 17 heavy (non-hydrogen) atoms. The fraction of sp³-hybridized carbons (Fsp3) is 0.462. The number of carbonyl (C=O) groups is 1. The molecule has 0 saturated carbocycles. The molecule has 3 nitrogen and oxygen atoms in total. The number of hydrogen-bond donors (Lipinski definition) is 0. The van der Waals surface area contributed by atoms with Gasteiger partial charge in [-0.05, 0) is 30.7 Å². The predicted molar refractivity (Wildman–Crippen MR) is 75.1 cm³/mol. The number of anilines is 1. The third kappa shape index (κ3) is 2.52. The summed E-state index contributed by atoms with van der Waals surface area (Å²) >= 11 is 1.54. The number of hydrogen-bond acceptors (Lipinski definition) is 3. The largest absolute Gasteiger partial charge is 0.344 e. The highest BCUT2D eigenvalue weighted by Gasteiger charge is 2.21. The first-order valence-corrected chi connectivity index (χ1v) is 6.44. The smallest absolute Gasteiger partial charge is 0.263 e. The van der Waals surface area contributed by atoms with E-state index < -0.39 is 0 Å². The zero-order valence-corrected chi connectivity index (χ0v) is 12.0. The second kappa shape index (κ2) is 5.36. The predicted octanol–water partition coefficient (Wildman–Crippen LogP) is 2.90. The van der Waals surface area contributed by atoms with Gasteiger partial charge in [0.1, 0.15) is 0 Å². The molecule has 0 N–H and O–H groups in total. The zero-order chi connectivity index (χ0) is 13.2. The number of thiophene rings is 1. The quantitative estimate of drug-likeness (QED) is 0.822. The van der Waals surface area contributed by atoms with Crippen LogP contribution in [0.3, 0.4) is 0 Å². The molecular weight excluding hydrogens is 232 g/mol. The Morgan fingerprint density at radius 1 is 1.41 bits per heavy atom. The Morgan fingerprint density at radius 2 is 2.00 bits per heavy atom. The molecule has 0 radical (unpaired) electrons. The summed E-state index contributed by atoms with van der Waals surface area (Å²) in [6.07, 6.45) is 2.70. The molecule has 0 spiro atoms. The highest BCUT2D eigenvalue weighted by Crippen LogP contribution is 2.36. The van der Waals surface area contributed by atoms with Crippen LogP contribution in [-0.2, 0) is 6.42 Å². The van der Waals surface area contributed by atoms with E-state index in [2.05, 4.69) is 13.5 Å². The summed E-state index contributed by atoms with van der Waals surface area (Å²) in [5, 5.41) is 1.12. The van der Waals surface area contributed by atoms with Crippen LogP contribution >= 0.6 is 11.3 Å². The van der Waals surface area contributed by atoms with Gasteiger partial charge in [-0.3, -0.25) is 4.79 Å². The SMILES string of the molecule is C=CN(C)c1sc(C(=O)N(C)C)c(C)c1CC. The lowest BCUT2D eigenvalue weighted by Crippen LogP contribution is -2.21. The van der Waals surface area contributed by atoms with Gasteiger partial charge in [0.05, 0.1) is 9.88 Å². The van der Waals surface area contributed by atoms with Crippen LogP contribution in [0, 0.1) is 6.92 Å². The van der Waals surface area contributed by atoms with Gasteiger partial charge in [-0.15, -0.1) is 11.3 Å². The first-order chi connectivity index (χ1) is 7.93. The lowest BCUT2D eigenvalue weighted by atomic mass is 10.1. The third-order valence-electron chi connectivity index (χ3n) is 2.80. The van der Waals surface area contributed by atoms with Crippen molar-refractivity contribution in [3.63, 3.8) is 0 Å². The van der Waals surface area contributed by atoms with Gasteiger partial charge in [0.25, 0.3) is 5.91 Å². The molecule has 94 valence electrons. The second-order valence-corrected chi connectivity index (χ2v) is 5.19. The number of nitrogens with zero attached hydrogens (tertiary/aromatic N) is 2. The molecule has 0 aliphatic heterocycles. The molecule has 1 amide bonds. The minimum Gasteiger partial charge on any atom is -0.344 e. The van der Waals surface area contributed by atoms with E-state index in [1.54, 1.807) is 36.5 Å². The summed E-state index contributed by atoms with van der Waals surface area (Å²) in [5.41, 5.74) is 2.34. The van der Waals surface area contributed by atoms with E-state index in [1.165, 1.54) is 5.56 Å². The van der Waals surface area contributed by atoms with Gasteiger partial charge < -0.3 is 9.80 Å². The first kappa shape index (κ1) is 13.8. The highest BCUT2D eigenvalue weighted by atomic mass is 32.1. The lowest BCUT2D eigenvalue weighted by Gasteiger charge is -2.12. The maximum Gasteiger partial charge on any atom is 0.263 e. The minimum atomic E-state index is 0.0749. The molecule has 0 fully saturated rings.